The maximum atomic E-state index is 11.8. The van der Waals surface area contributed by atoms with Crippen LogP contribution >= 0.6 is 0 Å². The highest BCUT2D eigenvalue weighted by Crippen LogP contribution is 2.27. The SMILES string of the molecule is C=C(C)C(=O)OC1=C(Cc2ccccc2)C([N+](=O)[O-])N(C(=O)O)C=C1. The quantitative estimate of drug-likeness (QED) is 0.380. The molecule has 1 aromatic carbocycles. The zero-order valence-electron chi connectivity index (χ0n) is 13.4. The maximum Gasteiger partial charge on any atom is 0.416 e. The van der Waals surface area contributed by atoms with Crippen molar-refractivity contribution in [3.63, 3.8) is 0 Å². The first kappa shape index (κ1) is 17.9. The van der Waals surface area contributed by atoms with E-state index >= 15 is 0 Å². The summed E-state index contributed by atoms with van der Waals surface area (Å²) in [5.41, 5.74) is 0.905. The number of ether oxygens (including phenoxy) is 1. The summed E-state index contributed by atoms with van der Waals surface area (Å²) in [7, 11) is 0. The fourth-order valence-electron chi connectivity index (χ4n) is 2.31. The van der Waals surface area contributed by atoms with Crippen LogP contribution in [0.15, 0.2) is 66.1 Å². The van der Waals surface area contributed by atoms with Crippen LogP contribution in [0, 0.1) is 10.1 Å². The van der Waals surface area contributed by atoms with Crippen molar-refractivity contribution in [1.29, 1.82) is 0 Å². The Balaban J connectivity index is 2.50. The van der Waals surface area contributed by atoms with Crippen molar-refractivity contribution in [3.8, 4) is 0 Å². The van der Waals surface area contributed by atoms with Gasteiger partial charge >= 0.3 is 18.2 Å². The molecule has 0 fully saturated rings. The summed E-state index contributed by atoms with van der Waals surface area (Å²) in [6.07, 6.45) is -0.873. The minimum Gasteiger partial charge on any atom is -0.465 e. The molecule has 0 bridgehead atoms. The third-order valence-corrected chi connectivity index (χ3v) is 3.49. The molecule has 1 heterocycles. The number of esters is 1. The summed E-state index contributed by atoms with van der Waals surface area (Å²) >= 11 is 0. The maximum absolute atomic E-state index is 11.8. The van der Waals surface area contributed by atoms with E-state index in [-0.39, 0.29) is 23.3 Å². The van der Waals surface area contributed by atoms with Crippen LogP contribution in [0.2, 0.25) is 0 Å². The number of nitrogens with zero attached hydrogens (tertiary/aromatic N) is 2. The van der Waals surface area contributed by atoms with Gasteiger partial charge in [0.25, 0.3) is 0 Å². The van der Waals surface area contributed by atoms with E-state index in [4.69, 9.17) is 4.74 Å². The molecule has 0 spiro atoms. The highest BCUT2D eigenvalue weighted by molar-refractivity contribution is 5.88. The number of allylic oxidation sites excluding steroid dienone is 1. The molecule has 1 aromatic rings. The predicted molar refractivity (Wildman–Crippen MR) is 87.9 cm³/mol. The van der Waals surface area contributed by atoms with Crippen molar-refractivity contribution in [2.24, 2.45) is 0 Å². The molecule has 8 heteroatoms. The molecule has 8 nitrogen and oxygen atoms in total. The largest absolute Gasteiger partial charge is 0.465 e. The van der Waals surface area contributed by atoms with E-state index in [1.54, 1.807) is 30.3 Å². The molecule has 2 rings (SSSR count). The number of nitro groups is 1. The summed E-state index contributed by atoms with van der Waals surface area (Å²) in [6, 6.07) is 8.78. The van der Waals surface area contributed by atoms with E-state index in [1.807, 2.05) is 0 Å². The fourth-order valence-corrected chi connectivity index (χ4v) is 2.31. The minimum absolute atomic E-state index is 0.0453. The zero-order chi connectivity index (χ0) is 18.6. The van der Waals surface area contributed by atoms with E-state index in [1.165, 1.54) is 13.0 Å². The molecule has 0 radical (unpaired) electrons. The minimum atomic E-state index is -1.68. The van der Waals surface area contributed by atoms with Gasteiger partial charge in [0.1, 0.15) is 5.76 Å². The number of carbonyl (C=O) groups is 2. The molecule has 0 saturated heterocycles. The number of amides is 1. The summed E-state index contributed by atoms with van der Waals surface area (Å²) < 4.78 is 5.18. The molecular formula is C17H16N2O6. The Hall–Kier alpha value is -3.42. The molecule has 1 amide bonds. The fraction of sp³-hybridized carbons (Fsp3) is 0.176. The van der Waals surface area contributed by atoms with Crippen LogP contribution < -0.4 is 0 Å². The second-order valence-electron chi connectivity index (χ2n) is 5.39. The van der Waals surface area contributed by atoms with Gasteiger partial charge < -0.3 is 9.84 Å². The molecule has 1 unspecified atom stereocenters. The van der Waals surface area contributed by atoms with Gasteiger partial charge in [-0.25, -0.2) is 14.5 Å². The molecule has 1 atom stereocenters. The van der Waals surface area contributed by atoms with Gasteiger partial charge in [-0.1, -0.05) is 36.9 Å². The van der Waals surface area contributed by atoms with E-state index in [2.05, 4.69) is 6.58 Å². The zero-order valence-corrected chi connectivity index (χ0v) is 13.4. The highest BCUT2D eigenvalue weighted by Gasteiger charge is 2.40. The normalized spacial score (nSPS) is 16.5. The summed E-state index contributed by atoms with van der Waals surface area (Å²) in [4.78, 5) is 34.5. The summed E-state index contributed by atoms with van der Waals surface area (Å²) in [5.74, 6) is -0.785. The smallest absolute Gasteiger partial charge is 0.416 e. The Morgan fingerprint density at radius 1 is 1.36 bits per heavy atom. The number of hydrogen-bond acceptors (Lipinski definition) is 5. The number of benzene rings is 1. The third-order valence-electron chi connectivity index (χ3n) is 3.49. The predicted octanol–water partition coefficient (Wildman–Crippen LogP) is 2.71. The van der Waals surface area contributed by atoms with Gasteiger partial charge in [-0.2, -0.15) is 0 Å². The molecular weight excluding hydrogens is 328 g/mol. The second-order valence-corrected chi connectivity index (χ2v) is 5.39. The lowest BCUT2D eigenvalue weighted by Crippen LogP contribution is -2.44. The van der Waals surface area contributed by atoms with Crippen molar-refractivity contribution < 1.29 is 24.4 Å². The van der Waals surface area contributed by atoms with Gasteiger partial charge in [-0.3, -0.25) is 10.1 Å². The second kappa shape index (κ2) is 7.43. The standard InChI is InChI=1S/C17H16N2O6/c1-11(2)16(20)25-14-8-9-18(17(21)22)15(19(23)24)13(14)10-12-6-4-3-5-7-12/h3-9,15H,1,10H2,2H3,(H,21,22). The Labute approximate surface area is 143 Å². The Kier molecular flexibility index (Phi) is 5.33. The molecule has 0 aromatic heterocycles. The average molecular weight is 344 g/mol. The van der Waals surface area contributed by atoms with Crippen LogP contribution in [0.3, 0.4) is 0 Å². The van der Waals surface area contributed by atoms with Crippen LogP contribution in [-0.4, -0.2) is 33.2 Å². The molecule has 1 aliphatic rings. The van der Waals surface area contributed by atoms with E-state index in [9.17, 15) is 24.8 Å². The van der Waals surface area contributed by atoms with Gasteiger partial charge in [-0.15, -0.1) is 0 Å². The average Bonchev–Trinajstić information content (AvgIpc) is 2.56. The van der Waals surface area contributed by atoms with E-state index in [0.29, 0.717) is 10.5 Å². The van der Waals surface area contributed by atoms with Crippen molar-refractivity contribution in [2.75, 3.05) is 0 Å². The third kappa shape index (κ3) is 4.11. The number of hydrogen-bond donors (Lipinski definition) is 1. The first-order chi connectivity index (χ1) is 11.8. The van der Waals surface area contributed by atoms with Crippen LogP contribution in [0.1, 0.15) is 12.5 Å². The lowest BCUT2D eigenvalue weighted by Gasteiger charge is -2.26. The van der Waals surface area contributed by atoms with Crippen LogP contribution in [0.4, 0.5) is 4.79 Å². The first-order valence-corrected chi connectivity index (χ1v) is 7.29. The topological polar surface area (TPSA) is 110 Å². The lowest BCUT2D eigenvalue weighted by atomic mass is 9.99. The Bertz CT molecular complexity index is 782. The Morgan fingerprint density at radius 2 is 2.00 bits per heavy atom. The molecule has 1 aliphatic heterocycles. The van der Waals surface area contributed by atoms with E-state index < -0.39 is 23.2 Å². The molecule has 1 N–H and O–H groups in total. The van der Waals surface area contributed by atoms with Crippen molar-refractivity contribution in [1.82, 2.24) is 4.90 Å². The van der Waals surface area contributed by atoms with Crippen LogP contribution in [0.25, 0.3) is 0 Å². The van der Waals surface area contributed by atoms with Crippen LogP contribution in [-0.2, 0) is 16.0 Å². The highest BCUT2D eigenvalue weighted by atomic mass is 16.6. The summed E-state index contributed by atoms with van der Waals surface area (Å²) in [5, 5.41) is 20.7. The molecule has 0 saturated carbocycles. The summed E-state index contributed by atoms with van der Waals surface area (Å²) in [6.45, 7) is 4.91. The number of rotatable bonds is 5. The number of carbonyl (C=O) groups excluding carboxylic acids is 1. The van der Waals surface area contributed by atoms with Gasteiger partial charge in [0.2, 0.25) is 0 Å². The van der Waals surface area contributed by atoms with Gasteiger partial charge in [0.15, 0.2) is 0 Å². The van der Waals surface area contributed by atoms with Crippen molar-refractivity contribution in [3.05, 3.63) is 81.8 Å². The number of carboxylic acid groups (broad SMARTS) is 1. The van der Waals surface area contributed by atoms with Gasteiger partial charge in [0.05, 0.1) is 10.5 Å². The first-order valence-electron chi connectivity index (χ1n) is 7.29. The van der Waals surface area contributed by atoms with Gasteiger partial charge in [-0.05, 0) is 18.6 Å². The van der Waals surface area contributed by atoms with E-state index in [0.717, 1.165) is 6.20 Å². The molecule has 0 aliphatic carbocycles. The van der Waals surface area contributed by atoms with Crippen molar-refractivity contribution >= 4 is 12.1 Å². The van der Waals surface area contributed by atoms with Crippen molar-refractivity contribution in [2.45, 2.75) is 19.5 Å². The molecule has 130 valence electrons. The van der Waals surface area contributed by atoms with Gasteiger partial charge in [0, 0.05) is 18.2 Å². The molecule has 25 heavy (non-hydrogen) atoms. The van der Waals surface area contributed by atoms with Crippen LogP contribution in [0.5, 0.6) is 0 Å². The monoisotopic (exact) mass is 344 g/mol. The lowest BCUT2D eigenvalue weighted by molar-refractivity contribution is -0.532. The Morgan fingerprint density at radius 3 is 2.52 bits per heavy atom.